The molecule has 0 spiro atoms. The second kappa shape index (κ2) is 8.50. The predicted molar refractivity (Wildman–Crippen MR) is 88.8 cm³/mol. The average molecular weight is 397 g/mol. The van der Waals surface area contributed by atoms with Gasteiger partial charge < -0.3 is 14.2 Å². The van der Waals surface area contributed by atoms with Crippen molar-refractivity contribution in [2.45, 2.75) is 38.8 Å². The van der Waals surface area contributed by atoms with E-state index in [9.17, 15) is 4.39 Å². The Kier molecular flexibility index (Phi) is 6.12. The second-order valence-electron chi connectivity index (χ2n) is 5.51. The van der Waals surface area contributed by atoms with Crippen LogP contribution in [0.4, 0.5) is 4.39 Å². The summed E-state index contributed by atoms with van der Waals surface area (Å²) in [7, 11) is 0. The molecule has 24 heavy (non-hydrogen) atoms. The Hall–Kier alpha value is -1.57. The third-order valence-electron chi connectivity index (χ3n) is 3.54. The van der Waals surface area contributed by atoms with Crippen LogP contribution in [0.25, 0.3) is 0 Å². The SMILES string of the molecule is Fc1cc(Br)cc(OCc2cnc(COC3CCCCO3)nc2)c1. The molecule has 1 aromatic carbocycles. The molecule has 7 heteroatoms. The highest BCUT2D eigenvalue weighted by atomic mass is 79.9. The fourth-order valence-corrected chi connectivity index (χ4v) is 2.76. The molecule has 0 amide bonds. The van der Waals surface area contributed by atoms with Crippen LogP contribution in [0.2, 0.25) is 0 Å². The first kappa shape index (κ1) is 17.3. The maximum atomic E-state index is 13.3. The highest BCUT2D eigenvalue weighted by Crippen LogP contribution is 2.21. The van der Waals surface area contributed by atoms with E-state index in [0.29, 0.717) is 22.7 Å². The second-order valence-corrected chi connectivity index (χ2v) is 6.42. The molecule has 2 aromatic rings. The van der Waals surface area contributed by atoms with Crippen molar-refractivity contribution in [1.29, 1.82) is 0 Å². The fraction of sp³-hybridized carbons (Fsp3) is 0.412. The Labute approximate surface area is 148 Å². The lowest BCUT2D eigenvalue weighted by atomic mass is 10.2. The summed E-state index contributed by atoms with van der Waals surface area (Å²) in [4.78, 5) is 8.51. The van der Waals surface area contributed by atoms with E-state index in [-0.39, 0.29) is 18.7 Å². The van der Waals surface area contributed by atoms with Crippen molar-refractivity contribution in [3.8, 4) is 5.75 Å². The molecule has 1 saturated heterocycles. The highest BCUT2D eigenvalue weighted by molar-refractivity contribution is 9.10. The van der Waals surface area contributed by atoms with Gasteiger partial charge in [0.1, 0.15) is 24.8 Å². The summed E-state index contributed by atoms with van der Waals surface area (Å²) >= 11 is 3.23. The van der Waals surface area contributed by atoms with Crippen LogP contribution in [0.3, 0.4) is 0 Å². The fourth-order valence-electron chi connectivity index (χ4n) is 2.32. The van der Waals surface area contributed by atoms with Crippen LogP contribution in [0, 0.1) is 5.82 Å². The highest BCUT2D eigenvalue weighted by Gasteiger charge is 2.14. The van der Waals surface area contributed by atoms with Crippen LogP contribution in [0.1, 0.15) is 30.7 Å². The normalized spacial score (nSPS) is 17.7. The Morgan fingerprint density at radius 1 is 1.17 bits per heavy atom. The van der Waals surface area contributed by atoms with Crippen molar-refractivity contribution >= 4 is 15.9 Å². The van der Waals surface area contributed by atoms with Gasteiger partial charge in [0.25, 0.3) is 0 Å². The summed E-state index contributed by atoms with van der Waals surface area (Å²) in [5, 5.41) is 0. The maximum absolute atomic E-state index is 13.3. The van der Waals surface area contributed by atoms with Crippen molar-refractivity contribution in [2.75, 3.05) is 6.61 Å². The van der Waals surface area contributed by atoms with E-state index >= 15 is 0 Å². The van der Waals surface area contributed by atoms with Gasteiger partial charge in [-0.15, -0.1) is 0 Å². The molecule has 1 fully saturated rings. The van der Waals surface area contributed by atoms with Crippen molar-refractivity contribution < 1.29 is 18.6 Å². The Balaban J connectivity index is 1.48. The Morgan fingerprint density at radius 2 is 2.00 bits per heavy atom. The van der Waals surface area contributed by atoms with E-state index < -0.39 is 0 Å². The van der Waals surface area contributed by atoms with Crippen LogP contribution in [-0.4, -0.2) is 22.9 Å². The third-order valence-corrected chi connectivity index (χ3v) is 3.99. The van der Waals surface area contributed by atoms with E-state index in [0.717, 1.165) is 31.4 Å². The quantitative estimate of drug-likeness (QED) is 0.738. The standard InChI is InChI=1S/C17H18BrFN2O3/c18-13-5-14(19)7-15(6-13)23-10-12-8-20-16(21-9-12)11-24-17-3-1-2-4-22-17/h5-9,17H,1-4,10-11H2. The van der Waals surface area contributed by atoms with Gasteiger partial charge in [-0.3, -0.25) is 0 Å². The molecule has 3 rings (SSSR count). The lowest BCUT2D eigenvalue weighted by Crippen LogP contribution is -2.22. The van der Waals surface area contributed by atoms with Crippen LogP contribution in [0.15, 0.2) is 35.1 Å². The third kappa shape index (κ3) is 5.22. The van der Waals surface area contributed by atoms with Gasteiger partial charge in [-0.05, 0) is 31.4 Å². The number of ether oxygens (including phenoxy) is 3. The molecule has 0 N–H and O–H groups in total. The maximum Gasteiger partial charge on any atom is 0.158 e. The van der Waals surface area contributed by atoms with Crippen molar-refractivity contribution in [2.24, 2.45) is 0 Å². The average Bonchev–Trinajstić information content (AvgIpc) is 2.59. The van der Waals surface area contributed by atoms with E-state index in [1.165, 1.54) is 12.1 Å². The smallest absolute Gasteiger partial charge is 0.158 e. The van der Waals surface area contributed by atoms with E-state index in [2.05, 4.69) is 25.9 Å². The number of rotatable bonds is 6. The summed E-state index contributed by atoms with van der Waals surface area (Å²) < 4.78 is 30.6. The summed E-state index contributed by atoms with van der Waals surface area (Å²) in [5.41, 5.74) is 0.799. The minimum Gasteiger partial charge on any atom is -0.489 e. The van der Waals surface area contributed by atoms with Gasteiger partial charge in [0.15, 0.2) is 12.1 Å². The van der Waals surface area contributed by atoms with Gasteiger partial charge in [-0.25, -0.2) is 14.4 Å². The predicted octanol–water partition coefficient (Wildman–Crippen LogP) is 4.00. The summed E-state index contributed by atoms with van der Waals surface area (Å²) in [6, 6.07) is 4.41. The van der Waals surface area contributed by atoms with E-state index in [4.69, 9.17) is 14.2 Å². The van der Waals surface area contributed by atoms with Gasteiger partial charge >= 0.3 is 0 Å². The number of nitrogens with zero attached hydrogens (tertiary/aromatic N) is 2. The summed E-state index contributed by atoms with van der Waals surface area (Å²) in [6.45, 7) is 1.34. The largest absolute Gasteiger partial charge is 0.489 e. The molecule has 1 atom stereocenters. The molecule has 1 unspecified atom stereocenters. The molecule has 128 valence electrons. The zero-order valence-electron chi connectivity index (χ0n) is 13.1. The van der Waals surface area contributed by atoms with Crippen molar-refractivity contribution in [1.82, 2.24) is 9.97 Å². The molecular weight excluding hydrogens is 379 g/mol. The van der Waals surface area contributed by atoms with Gasteiger partial charge in [0.2, 0.25) is 0 Å². The van der Waals surface area contributed by atoms with Gasteiger partial charge in [0, 0.05) is 35.1 Å². The summed E-state index contributed by atoms with van der Waals surface area (Å²) in [6.07, 6.45) is 6.33. The minimum atomic E-state index is -0.354. The van der Waals surface area contributed by atoms with E-state index in [1.54, 1.807) is 18.5 Å². The van der Waals surface area contributed by atoms with E-state index in [1.807, 2.05) is 0 Å². The van der Waals surface area contributed by atoms with Gasteiger partial charge in [-0.1, -0.05) is 15.9 Å². The zero-order valence-corrected chi connectivity index (χ0v) is 14.7. The molecule has 2 heterocycles. The lowest BCUT2D eigenvalue weighted by molar-refractivity contribution is -0.170. The molecule has 0 bridgehead atoms. The number of hydrogen-bond donors (Lipinski definition) is 0. The van der Waals surface area contributed by atoms with Crippen LogP contribution in [0.5, 0.6) is 5.75 Å². The van der Waals surface area contributed by atoms with Crippen molar-refractivity contribution in [3.63, 3.8) is 0 Å². The molecule has 1 aliphatic heterocycles. The minimum absolute atomic E-state index is 0.156. The topological polar surface area (TPSA) is 53.5 Å². The number of benzene rings is 1. The molecule has 0 saturated carbocycles. The van der Waals surface area contributed by atoms with Gasteiger partial charge in [-0.2, -0.15) is 0 Å². The van der Waals surface area contributed by atoms with Gasteiger partial charge in [0.05, 0.1) is 0 Å². The number of hydrogen-bond acceptors (Lipinski definition) is 5. The van der Waals surface area contributed by atoms with Crippen LogP contribution >= 0.6 is 15.9 Å². The van der Waals surface area contributed by atoms with Crippen LogP contribution < -0.4 is 4.74 Å². The first-order valence-electron chi connectivity index (χ1n) is 7.81. The number of aromatic nitrogens is 2. The van der Waals surface area contributed by atoms with Crippen LogP contribution in [-0.2, 0) is 22.7 Å². The molecule has 5 nitrogen and oxygen atoms in total. The Morgan fingerprint density at radius 3 is 2.71 bits per heavy atom. The van der Waals surface area contributed by atoms with Crippen molar-refractivity contribution in [3.05, 3.63) is 52.3 Å². The molecular formula is C17H18BrFN2O3. The molecule has 1 aromatic heterocycles. The molecule has 1 aliphatic rings. The number of halogens is 2. The molecule has 0 radical (unpaired) electrons. The zero-order chi connectivity index (χ0) is 16.8. The Bertz CT molecular complexity index is 643. The summed E-state index contributed by atoms with van der Waals surface area (Å²) in [5.74, 6) is 0.693. The monoisotopic (exact) mass is 396 g/mol. The lowest BCUT2D eigenvalue weighted by Gasteiger charge is -2.22. The first-order valence-corrected chi connectivity index (χ1v) is 8.60. The molecule has 0 aliphatic carbocycles. The first-order chi connectivity index (χ1) is 11.7.